The fourth-order valence-corrected chi connectivity index (χ4v) is 3.72. The first-order chi connectivity index (χ1) is 14.9. The van der Waals surface area contributed by atoms with E-state index in [2.05, 4.69) is 26.6 Å². The Hall–Kier alpha value is -2.20. The lowest BCUT2D eigenvalue weighted by molar-refractivity contribution is -0.147. The van der Waals surface area contributed by atoms with E-state index in [1.165, 1.54) is 0 Å². The third kappa shape index (κ3) is 7.46. The van der Waals surface area contributed by atoms with Crippen LogP contribution in [-0.2, 0) is 14.3 Å². The molecule has 1 aromatic carbocycles. The van der Waals surface area contributed by atoms with Crippen molar-refractivity contribution in [3.05, 3.63) is 28.2 Å². The fourth-order valence-electron chi connectivity index (χ4n) is 2.92. The Morgan fingerprint density at radius 2 is 2.06 bits per heavy atom. The average molecular weight is 514 g/mol. The molecule has 1 aliphatic heterocycles. The quantitative estimate of drug-likeness (QED) is 0.297. The van der Waals surface area contributed by atoms with Gasteiger partial charge in [0.15, 0.2) is 5.11 Å². The smallest absolute Gasteiger partial charge is 0.308 e. The summed E-state index contributed by atoms with van der Waals surface area (Å²) in [6.45, 7) is 5.65. The molecule has 170 valence electrons. The minimum Gasteiger partial charge on any atom is -0.492 e. The average Bonchev–Trinajstić information content (AvgIpc) is 2.74. The van der Waals surface area contributed by atoms with Crippen LogP contribution in [0.1, 0.15) is 49.9 Å². The number of hydrogen-bond donors (Lipinski definition) is 2. The number of benzene rings is 1. The Kier molecular flexibility index (Phi) is 10.2. The van der Waals surface area contributed by atoms with E-state index in [1.807, 2.05) is 13.8 Å². The third-order valence-corrected chi connectivity index (χ3v) is 5.55. The van der Waals surface area contributed by atoms with Crippen LogP contribution in [0.2, 0.25) is 0 Å². The Labute approximate surface area is 196 Å². The zero-order chi connectivity index (χ0) is 22.8. The minimum absolute atomic E-state index is 0.0913. The lowest BCUT2D eigenvalue weighted by Crippen LogP contribution is -2.60. The van der Waals surface area contributed by atoms with Crippen molar-refractivity contribution in [1.82, 2.24) is 15.5 Å². The number of nitrogens with one attached hydrogen (secondary N) is 2. The molecule has 1 aliphatic rings. The van der Waals surface area contributed by atoms with E-state index in [-0.39, 0.29) is 17.4 Å². The molecule has 0 saturated carbocycles. The summed E-state index contributed by atoms with van der Waals surface area (Å²) in [6.07, 6.45) is 2.40. The van der Waals surface area contributed by atoms with Gasteiger partial charge in [-0.2, -0.15) is 0 Å². The third-order valence-electron chi connectivity index (χ3n) is 4.59. The van der Waals surface area contributed by atoms with Crippen LogP contribution in [0.5, 0.6) is 5.75 Å². The van der Waals surface area contributed by atoms with Crippen molar-refractivity contribution in [3.8, 4) is 5.75 Å². The lowest BCUT2D eigenvalue weighted by atomic mass is 10.1. The van der Waals surface area contributed by atoms with Crippen LogP contribution >= 0.6 is 28.1 Å². The van der Waals surface area contributed by atoms with Crippen molar-refractivity contribution < 1.29 is 23.9 Å². The summed E-state index contributed by atoms with van der Waals surface area (Å²) < 4.78 is 11.4. The number of carbonyl (C=O) groups is 3. The zero-order valence-corrected chi connectivity index (χ0v) is 20.1. The van der Waals surface area contributed by atoms with Crippen LogP contribution in [0.25, 0.3) is 0 Å². The molecule has 1 aromatic rings. The largest absolute Gasteiger partial charge is 0.492 e. The summed E-state index contributed by atoms with van der Waals surface area (Å²) >= 11 is 8.79. The van der Waals surface area contributed by atoms with Gasteiger partial charge in [0.2, 0.25) is 5.91 Å². The SMILES string of the molecule is CCCCOC(=O)CC1C(=O)NCCN1C(=S)NC(=O)c1ccc(OCCC)c(Br)c1. The summed E-state index contributed by atoms with van der Waals surface area (Å²) in [4.78, 5) is 38.7. The van der Waals surface area contributed by atoms with Gasteiger partial charge in [-0.25, -0.2) is 0 Å². The summed E-state index contributed by atoms with van der Waals surface area (Å²) in [6, 6.07) is 4.17. The van der Waals surface area contributed by atoms with Gasteiger partial charge in [-0.1, -0.05) is 20.3 Å². The highest BCUT2D eigenvalue weighted by atomic mass is 79.9. The van der Waals surface area contributed by atoms with Crippen molar-refractivity contribution in [1.29, 1.82) is 0 Å². The van der Waals surface area contributed by atoms with Crippen LogP contribution in [0.3, 0.4) is 0 Å². The molecule has 1 unspecified atom stereocenters. The molecule has 0 spiro atoms. The number of rotatable bonds is 9. The predicted octanol–water partition coefficient (Wildman–Crippen LogP) is 2.79. The Bertz CT molecular complexity index is 820. The normalized spacial score (nSPS) is 15.8. The number of amides is 2. The molecule has 0 aromatic heterocycles. The maximum Gasteiger partial charge on any atom is 0.308 e. The first-order valence-corrected chi connectivity index (χ1v) is 11.5. The van der Waals surface area contributed by atoms with E-state index in [0.29, 0.717) is 42.1 Å². The number of halogens is 1. The molecule has 1 saturated heterocycles. The predicted molar refractivity (Wildman–Crippen MR) is 124 cm³/mol. The second kappa shape index (κ2) is 12.6. The summed E-state index contributed by atoms with van der Waals surface area (Å²) in [7, 11) is 0. The van der Waals surface area contributed by atoms with Crippen LogP contribution in [-0.4, -0.2) is 60.1 Å². The number of carbonyl (C=O) groups excluding carboxylic acids is 3. The maximum absolute atomic E-state index is 12.7. The molecule has 2 amide bonds. The van der Waals surface area contributed by atoms with Crippen molar-refractivity contribution >= 4 is 51.0 Å². The van der Waals surface area contributed by atoms with E-state index >= 15 is 0 Å². The van der Waals surface area contributed by atoms with Gasteiger partial charge < -0.3 is 19.7 Å². The molecule has 0 radical (unpaired) electrons. The van der Waals surface area contributed by atoms with Gasteiger partial charge in [0, 0.05) is 18.7 Å². The van der Waals surface area contributed by atoms with Crippen LogP contribution < -0.4 is 15.4 Å². The van der Waals surface area contributed by atoms with Crippen molar-refractivity contribution in [3.63, 3.8) is 0 Å². The molecule has 2 rings (SSSR count). The van der Waals surface area contributed by atoms with Gasteiger partial charge in [0.1, 0.15) is 11.8 Å². The van der Waals surface area contributed by atoms with E-state index in [0.717, 1.165) is 19.3 Å². The Balaban J connectivity index is 2.02. The molecule has 2 N–H and O–H groups in total. The molecular weight excluding hydrogens is 486 g/mol. The number of unbranched alkanes of at least 4 members (excludes halogenated alkanes) is 1. The Morgan fingerprint density at radius 3 is 2.74 bits per heavy atom. The number of thiocarbonyl (C=S) groups is 1. The fraction of sp³-hybridized carbons (Fsp3) is 0.524. The molecule has 1 heterocycles. The summed E-state index contributed by atoms with van der Waals surface area (Å²) in [5.41, 5.74) is 0.384. The number of hydrogen-bond acceptors (Lipinski definition) is 6. The van der Waals surface area contributed by atoms with Gasteiger partial charge in [-0.3, -0.25) is 19.7 Å². The minimum atomic E-state index is -0.827. The number of piperazine rings is 1. The van der Waals surface area contributed by atoms with Gasteiger partial charge in [0.25, 0.3) is 5.91 Å². The van der Waals surface area contributed by atoms with Crippen molar-refractivity contribution in [2.24, 2.45) is 0 Å². The second-order valence-electron chi connectivity index (χ2n) is 7.03. The topological polar surface area (TPSA) is 97.0 Å². The number of esters is 1. The number of ether oxygens (including phenoxy) is 2. The second-order valence-corrected chi connectivity index (χ2v) is 8.27. The first-order valence-electron chi connectivity index (χ1n) is 10.3. The highest BCUT2D eigenvalue weighted by molar-refractivity contribution is 9.10. The van der Waals surface area contributed by atoms with Gasteiger partial charge >= 0.3 is 5.97 Å². The van der Waals surface area contributed by atoms with E-state index in [4.69, 9.17) is 21.7 Å². The first kappa shape index (κ1) is 25.1. The number of nitrogens with zero attached hydrogens (tertiary/aromatic N) is 1. The molecular formula is C21H28BrN3O5S. The lowest BCUT2D eigenvalue weighted by Gasteiger charge is -2.36. The summed E-state index contributed by atoms with van der Waals surface area (Å²) in [5.74, 6) is -0.560. The van der Waals surface area contributed by atoms with Crippen LogP contribution in [0.4, 0.5) is 0 Å². The van der Waals surface area contributed by atoms with Crippen LogP contribution in [0.15, 0.2) is 22.7 Å². The van der Waals surface area contributed by atoms with E-state index in [1.54, 1.807) is 23.1 Å². The maximum atomic E-state index is 12.7. The Morgan fingerprint density at radius 1 is 1.29 bits per heavy atom. The van der Waals surface area contributed by atoms with E-state index < -0.39 is 17.9 Å². The standard InChI is InChI=1S/C21H28BrN3O5S/c1-3-5-11-30-18(26)13-16-20(28)23-8-9-25(16)21(31)24-19(27)14-6-7-17(15(22)12-14)29-10-4-2/h6-7,12,16H,3-5,8-11,13H2,1-2H3,(H,23,28)(H,24,27,31). The molecule has 0 bridgehead atoms. The molecule has 8 nitrogen and oxygen atoms in total. The monoisotopic (exact) mass is 513 g/mol. The highest BCUT2D eigenvalue weighted by Gasteiger charge is 2.34. The molecule has 0 aliphatic carbocycles. The molecule has 31 heavy (non-hydrogen) atoms. The van der Waals surface area contributed by atoms with Crippen molar-refractivity contribution in [2.45, 2.75) is 45.6 Å². The van der Waals surface area contributed by atoms with Gasteiger partial charge in [-0.05, 0) is 59.2 Å². The van der Waals surface area contributed by atoms with Gasteiger partial charge in [0.05, 0.1) is 24.1 Å². The van der Waals surface area contributed by atoms with E-state index in [9.17, 15) is 14.4 Å². The zero-order valence-electron chi connectivity index (χ0n) is 17.7. The molecule has 1 atom stereocenters. The highest BCUT2D eigenvalue weighted by Crippen LogP contribution is 2.26. The van der Waals surface area contributed by atoms with Crippen molar-refractivity contribution in [2.75, 3.05) is 26.3 Å². The van der Waals surface area contributed by atoms with Crippen LogP contribution in [0, 0.1) is 0 Å². The van der Waals surface area contributed by atoms with Gasteiger partial charge in [-0.15, -0.1) is 0 Å². The molecule has 10 heteroatoms. The molecule has 1 fully saturated rings. The summed E-state index contributed by atoms with van der Waals surface area (Å²) in [5, 5.41) is 5.47.